The highest BCUT2D eigenvalue weighted by atomic mass is 32.1. The van der Waals surface area contributed by atoms with Crippen LogP contribution >= 0.6 is 12.2 Å². The Morgan fingerprint density at radius 1 is 1.06 bits per heavy atom. The van der Waals surface area contributed by atoms with Crippen molar-refractivity contribution in [1.82, 2.24) is 10.3 Å². The molecule has 0 spiro atoms. The lowest BCUT2D eigenvalue weighted by Gasteiger charge is -2.36. The van der Waals surface area contributed by atoms with Crippen molar-refractivity contribution in [3.63, 3.8) is 0 Å². The molecule has 0 saturated carbocycles. The number of hydrogen-bond acceptors (Lipinski definition) is 4. The molecule has 31 heavy (non-hydrogen) atoms. The molecule has 0 aromatic heterocycles. The smallest absolute Gasteiger partial charge is 0.375 e. The lowest BCUT2D eigenvalue weighted by atomic mass is 10.1. The van der Waals surface area contributed by atoms with Gasteiger partial charge in [-0.15, -0.1) is 0 Å². The maximum atomic E-state index is 14.5. The van der Waals surface area contributed by atoms with E-state index < -0.39 is 23.4 Å². The minimum Gasteiger partial charge on any atom is -0.375 e. The summed E-state index contributed by atoms with van der Waals surface area (Å²) in [5.74, 6) is -1.23. The van der Waals surface area contributed by atoms with E-state index in [1.54, 1.807) is 4.90 Å². The molecule has 3 rings (SSSR count). The third-order valence-electron chi connectivity index (χ3n) is 4.84. The van der Waals surface area contributed by atoms with E-state index in [9.17, 15) is 22.0 Å². The van der Waals surface area contributed by atoms with Crippen molar-refractivity contribution < 1.29 is 22.0 Å². The summed E-state index contributed by atoms with van der Waals surface area (Å²) in [6, 6.07) is 7.19. The number of benzene rings is 2. The second-order valence-corrected chi connectivity index (χ2v) is 7.46. The molecule has 1 fully saturated rings. The fourth-order valence-corrected chi connectivity index (χ4v) is 3.32. The van der Waals surface area contributed by atoms with E-state index in [0.29, 0.717) is 32.7 Å². The van der Waals surface area contributed by atoms with E-state index in [2.05, 4.69) is 27.6 Å². The Morgan fingerprint density at radius 3 is 2.29 bits per heavy atom. The van der Waals surface area contributed by atoms with Gasteiger partial charge in [0.25, 0.3) is 0 Å². The van der Waals surface area contributed by atoms with Crippen molar-refractivity contribution in [1.29, 1.82) is 0 Å². The van der Waals surface area contributed by atoms with Crippen LogP contribution in [0.1, 0.15) is 16.7 Å². The predicted molar refractivity (Wildman–Crippen MR) is 113 cm³/mol. The van der Waals surface area contributed by atoms with Crippen LogP contribution in [0, 0.1) is 11.6 Å². The van der Waals surface area contributed by atoms with E-state index in [4.69, 9.17) is 5.73 Å². The van der Waals surface area contributed by atoms with E-state index in [1.165, 1.54) is 12.1 Å². The summed E-state index contributed by atoms with van der Waals surface area (Å²) in [6.07, 6.45) is -3.28. The average molecular weight is 457 g/mol. The summed E-state index contributed by atoms with van der Waals surface area (Å²) in [5.41, 5.74) is 7.65. The summed E-state index contributed by atoms with van der Waals surface area (Å²) < 4.78 is 66.9. The van der Waals surface area contributed by atoms with Crippen LogP contribution < -0.4 is 16.1 Å². The van der Waals surface area contributed by atoms with Crippen LogP contribution in [-0.2, 0) is 12.7 Å². The number of nitrogens with two attached hydrogens (primary N) is 1. The molecule has 0 unspecified atom stereocenters. The van der Waals surface area contributed by atoms with Crippen molar-refractivity contribution in [2.45, 2.75) is 12.7 Å². The van der Waals surface area contributed by atoms with Gasteiger partial charge < -0.3 is 10.6 Å². The van der Waals surface area contributed by atoms with Crippen LogP contribution in [0.3, 0.4) is 0 Å². The zero-order chi connectivity index (χ0) is 22.6. The molecule has 2 aromatic carbocycles. The molecule has 1 aliphatic heterocycles. The fraction of sp³-hybridized carbons (Fsp3) is 0.300. The average Bonchev–Trinajstić information content (AvgIpc) is 2.70. The van der Waals surface area contributed by atoms with Crippen molar-refractivity contribution in [3.8, 4) is 0 Å². The highest BCUT2D eigenvalue weighted by Crippen LogP contribution is 2.29. The molecule has 166 valence electrons. The number of rotatable bonds is 5. The van der Waals surface area contributed by atoms with Crippen LogP contribution in [0.15, 0.2) is 41.5 Å². The molecule has 0 atom stereocenters. The molecule has 1 heterocycles. The quantitative estimate of drug-likeness (QED) is 0.312. The molecule has 0 radical (unpaired) electrons. The monoisotopic (exact) mass is 457 g/mol. The molecular weight excluding hydrogens is 437 g/mol. The summed E-state index contributed by atoms with van der Waals surface area (Å²) >= 11 is 4.58. The first-order valence-electron chi connectivity index (χ1n) is 9.34. The largest absolute Gasteiger partial charge is 0.416 e. The highest BCUT2D eigenvalue weighted by Gasteiger charge is 2.30. The summed E-state index contributed by atoms with van der Waals surface area (Å²) in [7, 11) is 0. The number of nitrogens with one attached hydrogen (secondary N) is 1. The highest BCUT2D eigenvalue weighted by molar-refractivity contribution is 7.80. The SMILES string of the molecule is NC(=S)N/N=C/c1cc(F)c(N2CCN(Cc3ccc(C(F)(F)F)cc3)CC2)cc1F. The van der Waals surface area contributed by atoms with Gasteiger partial charge in [0.2, 0.25) is 0 Å². The zero-order valence-electron chi connectivity index (χ0n) is 16.3. The minimum atomic E-state index is -4.36. The number of hydrazone groups is 1. The van der Waals surface area contributed by atoms with Gasteiger partial charge in [-0.05, 0) is 36.0 Å². The first-order valence-corrected chi connectivity index (χ1v) is 9.75. The Labute approximate surface area is 181 Å². The Hall–Kier alpha value is -2.79. The lowest BCUT2D eigenvalue weighted by Crippen LogP contribution is -2.46. The molecule has 0 aliphatic carbocycles. The van der Waals surface area contributed by atoms with Gasteiger partial charge in [0, 0.05) is 44.4 Å². The van der Waals surface area contributed by atoms with Crippen molar-refractivity contribution in [2.75, 3.05) is 31.1 Å². The summed E-state index contributed by atoms with van der Waals surface area (Å²) in [5, 5.41) is 3.53. The van der Waals surface area contributed by atoms with Gasteiger partial charge in [-0.2, -0.15) is 18.3 Å². The van der Waals surface area contributed by atoms with Crippen molar-refractivity contribution in [2.24, 2.45) is 10.8 Å². The first-order chi connectivity index (χ1) is 14.6. The second-order valence-electron chi connectivity index (χ2n) is 7.02. The fourth-order valence-electron chi connectivity index (χ4n) is 3.26. The molecule has 1 saturated heterocycles. The standard InChI is InChI=1S/C20H20F5N5S/c21-16-10-18(17(22)9-14(16)11-27-28-19(26)31)30-7-5-29(6-8-30)12-13-1-3-15(4-2-13)20(23,24)25/h1-4,9-11H,5-8,12H2,(H3,26,28,31)/b27-11+. The third-order valence-corrected chi connectivity index (χ3v) is 4.94. The number of nitrogens with zero attached hydrogens (tertiary/aromatic N) is 3. The Kier molecular flexibility index (Phi) is 7.06. The maximum absolute atomic E-state index is 14.5. The molecule has 5 nitrogen and oxygen atoms in total. The van der Waals surface area contributed by atoms with Gasteiger partial charge in [0.15, 0.2) is 5.11 Å². The Bertz CT molecular complexity index is 954. The van der Waals surface area contributed by atoms with Crippen molar-refractivity contribution >= 4 is 29.2 Å². The minimum absolute atomic E-state index is 0.0501. The van der Waals surface area contributed by atoms with Crippen molar-refractivity contribution in [3.05, 3.63) is 64.7 Å². The molecule has 1 aliphatic rings. The number of hydrogen-bond donors (Lipinski definition) is 2. The van der Waals surface area contributed by atoms with E-state index in [0.717, 1.165) is 36.0 Å². The number of piperazine rings is 1. The van der Waals surface area contributed by atoms with Gasteiger partial charge in [-0.3, -0.25) is 10.3 Å². The number of thiocarbonyl (C=S) groups is 1. The summed E-state index contributed by atoms with van der Waals surface area (Å²) in [4.78, 5) is 3.78. The van der Waals surface area contributed by atoms with Crippen LogP contribution in [0.25, 0.3) is 0 Å². The molecular formula is C20H20F5N5S. The molecule has 0 amide bonds. The van der Waals surface area contributed by atoms with E-state index in [-0.39, 0.29) is 16.4 Å². The lowest BCUT2D eigenvalue weighted by molar-refractivity contribution is -0.137. The van der Waals surface area contributed by atoms with Crippen LogP contribution in [-0.4, -0.2) is 42.4 Å². The maximum Gasteiger partial charge on any atom is 0.416 e. The van der Waals surface area contributed by atoms with Gasteiger partial charge in [-0.25, -0.2) is 8.78 Å². The van der Waals surface area contributed by atoms with E-state index in [1.807, 2.05) is 0 Å². The number of alkyl halides is 3. The van der Waals surface area contributed by atoms with Gasteiger partial charge >= 0.3 is 6.18 Å². The van der Waals surface area contributed by atoms with Gasteiger partial charge in [-0.1, -0.05) is 12.1 Å². The van der Waals surface area contributed by atoms with Crippen LogP contribution in [0.2, 0.25) is 0 Å². The molecule has 0 bridgehead atoms. The number of anilines is 1. The normalized spacial score (nSPS) is 15.5. The van der Waals surface area contributed by atoms with Gasteiger partial charge in [0.05, 0.1) is 17.5 Å². The Balaban J connectivity index is 1.59. The topological polar surface area (TPSA) is 56.9 Å². The van der Waals surface area contributed by atoms with Gasteiger partial charge in [0.1, 0.15) is 11.6 Å². The van der Waals surface area contributed by atoms with Crippen LogP contribution in [0.5, 0.6) is 0 Å². The second kappa shape index (κ2) is 9.56. The Morgan fingerprint density at radius 2 is 1.71 bits per heavy atom. The van der Waals surface area contributed by atoms with E-state index >= 15 is 0 Å². The molecule has 2 aromatic rings. The van der Waals surface area contributed by atoms with Crippen LogP contribution in [0.4, 0.5) is 27.6 Å². The third kappa shape index (κ3) is 6.11. The first kappa shape index (κ1) is 22.9. The zero-order valence-corrected chi connectivity index (χ0v) is 17.1. The predicted octanol–water partition coefficient (Wildman–Crippen LogP) is 3.47. The summed E-state index contributed by atoms with van der Waals surface area (Å²) in [6.45, 7) is 2.50. The number of halogens is 5. The molecule has 3 N–H and O–H groups in total. The molecule has 11 heteroatoms.